The highest BCUT2D eigenvalue weighted by atomic mass is 35.5. The predicted molar refractivity (Wildman–Crippen MR) is 114 cm³/mol. The van der Waals surface area contributed by atoms with Crippen molar-refractivity contribution in [2.75, 3.05) is 38.5 Å². The van der Waals surface area contributed by atoms with Crippen molar-refractivity contribution in [2.24, 2.45) is 0 Å². The SMILES string of the molecule is COCCN1C(=O)c2c(O)c(=O)ccn2N(Cc2ccccc2)C12CCOCC2.Cl. The zero-order valence-electron chi connectivity index (χ0n) is 16.8. The zero-order chi connectivity index (χ0) is 20.4. The van der Waals surface area contributed by atoms with Gasteiger partial charge in [0, 0.05) is 38.8 Å². The van der Waals surface area contributed by atoms with Gasteiger partial charge in [-0.3, -0.25) is 19.3 Å². The molecule has 4 rings (SSSR count). The molecule has 8 nitrogen and oxygen atoms in total. The normalized spacial score (nSPS) is 17.6. The molecule has 0 saturated carbocycles. The van der Waals surface area contributed by atoms with Crippen LogP contribution in [0, 0.1) is 0 Å². The summed E-state index contributed by atoms with van der Waals surface area (Å²) < 4.78 is 12.5. The Balaban J connectivity index is 0.00000256. The van der Waals surface area contributed by atoms with Crippen molar-refractivity contribution in [1.82, 2.24) is 9.58 Å². The molecular formula is C21H26ClN3O5. The van der Waals surface area contributed by atoms with Crippen LogP contribution in [0.25, 0.3) is 0 Å². The lowest BCUT2D eigenvalue weighted by Crippen LogP contribution is -2.72. The Labute approximate surface area is 181 Å². The molecule has 2 aromatic rings. The van der Waals surface area contributed by atoms with Crippen molar-refractivity contribution in [2.45, 2.75) is 25.0 Å². The van der Waals surface area contributed by atoms with Crippen LogP contribution in [-0.2, 0) is 16.0 Å². The summed E-state index contributed by atoms with van der Waals surface area (Å²) in [5, 5.41) is 12.5. The highest BCUT2D eigenvalue weighted by Crippen LogP contribution is 2.38. The fourth-order valence-electron chi connectivity index (χ4n) is 4.27. The quantitative estimate of drug-likeness (QED) is 0.770. The van der Waals surface area contributed by atoms with E-state index in [1.54, 1.807) is 22.9 Å². The first-order valence-corrected chi connectivity index (χ1v) is 9.73. The van der Waals surface area contributed by atoms with Crippen LogP contribution in [0.1, 0.15) is 28.9 Å². The fraction of sp³-hybridized carbons (Fsp3) is 0.429. The maximum Gasteiger partial charge on any atom is 0.278 e. The number of amides is 1. The molecule has 0 radical (unpaired) electrons. The van der Waals surface area contributed by atoms with E-state index in [2.05, 4.69) is 5.01 Å². The van der Waals surface area contributed by atoms with E-state index in [-0.39, 0.29) is 24.0 Å². The largest absolute Gasteiger partial charge is 0.502 e. The van der Waals surface area contributed by atoms with Crippen molar-refractivity contribution in [3.05, 3.63) is 64.1 Å². The molecule has 0 unspecified atom stereocenters. The Morgan fingerprint density at radius 3 is 2.50 bits per heavy atom. The summed E-state index contributed by atoms with van der Waals surface area (Å²) in [4.78, 5) is 27.3. The Kier molecular flexibility index (Phi) is 6.70. The third-order valence-corrected chi connectivity index (χ3v) is 5.73. The monoisotopic (exact) mass is 435 g/mol. The van der Waals surface area contributed by atoms with Crippen LogP contribution in [-0.4, -0.2) is 59.7 Å². The molecular weight excluding hydrogens is 410 g/mol. The summed E-state index contributed by atoms with van der Waals surface area (Å²) in [6.45, 7) is 2.24. The molecule has 2 aliphatic rings. The molecule has 30 heavy (non-hydrogen) atoms. The number of ether oxygens (including phenoxy) is 2. The van der Waals surface area contributed by atoms with E-state index in [4.69, 9.17) is 9.47 Å². The lowest BCUT2D eigenvalue weighted by molar-refractivity contribution is -0.0469. The smallest absolute Gasteiger partial charge is 0.278 e. The van der Waals surface area contributed by atoms with Crippen LogP contribution in [0.2, 0.25) is 0 Å². The molecule has 0 atom stereocenters. The van der Waals surface area contributed by atoms with Gasteiger partial charge in [-0.25, -0.2) is 0 Å². The number of carbonyl (C=O) groups is 1. The van der Waals surface area contributed by atoms with E-state index in [1.807, 2.05) is 30.3 Å². The van der Waals surface area contributed by atoms with Gasteiger partial charge >= 0.3 is 0 Å². The number of carbonyl (C=O) groups excluding carboxylic acids is 1. The maximum absolute atomic E-state index is 13.5. The minimum absolute atomic E-state index is 0. The van der Waals surface area contributed by atoms with Crippen molar-refractivity contribution in [3.8, 4) is 5.75 Å². The standard InChI is InChI=1S/C21H25N3O5.ClH/c1-28-14-11-22-20(27)18-19(26)17(25)7-10-23(18)24(15-16-5-3-2-4-6-16)21(22)8-12-29-13-9-21;/h2-7,10,26H,8-9,11-15H2,1H3;1H. The number of aromatic hydroxyl groups is 1. The number of methoxy groups -OCH3 is 1. The Hall–Kier alpha value is -2.55. The van der Waals surface area contributed by atoms with Crippen molar-refractivity contribution >= 4 is 18.3 Å². The second kappa shape index (κ2) is 9.07. The lowest BCUT2D eigenvalue weighted by atomic mass is 9.94. The maximum atomic E-state index is 13.5. The van der Waals surface area contributed by atoms with Crippen LogP contribution in [0.3, 0.4) is 0 Å². The van der Waals surface area contributed by atoms with Crippen LogP contribution >= 0.6 is 12.4 Å². The Morgan fingerprint density at radius 1 is 1.13 bits per heavy atom. The summed E-state index contributed by atoms with van der Waals surface area (Å²) in [6.07, 6.45) is 2.80. The molecule has 1 spiro atoms. The van der Waals surface area contributed by atoms with Crippen molar-refractivity contribution < 1.29 is 19.4 Å². The molecule has 1 aromatic carbocycles. The van der Waals surface area contributed by atoms with Gasteiger partial charge in [0.25, 0.3) is 5.91 Å². The van der Waals surface area contributed by atoms with Gasteiger partial charge in [-0.1, -0.05) is 30.3 Å². The summed E-state index contributed by atoms with van der Waals surface area (Å²) >= 11 is 0. The van der Waals surface area contributed by atoms with Gasteiger partial charge in [0.2, 0.25) is 5.43 Å². The number of fused-ring (bicyclic) bond motifs is 1. The third-order valence-electron chi connectivity index (χ3n) is 5.73. The molecule has 1 amide bonds. The van der Waals surface area contributed by atoms with Gasteiger partial charge in [0.15, 0.2) is 11.4 Å². The predicted octanol–water partition coefficient (Wildman–Crippen LogP) is 1.72. The Morgan fingerprint density at radius 2 is 1.83 bits per heavy atom. The summed E-state index contributed by atoms with van der Waals surface area (Å²) in [5.74, 6) is -0.900. The first-order chi connectivity index (χ1) is 14.1. The minimum atomic E-state index is -0.641. The van der Waals surface area contributed by atoms with E-state index in [0.717, 1.165) is 5.56 Å². The molecule has 9 heteroatoms. The van der Waals surface area contributed by atoms with E-state index < -0.39 is 16.8 Å². The zero-order valence-corrected chi connectivity index (χ0v) is 17.6. The number of hydrogen-bond acceptors (Lipinski definition) is 6. The topological polar surface area (TPSA) is 84.2 Å². The van der Waals surface area contributed by atoms with E-state index in [1.165, 1.54) is 6.07 Å². The second-order valence-electron chi connectivity index (χ2n) is 7.31. The molecule has 0 bridgehead atoms. The van der Waals surface area contributed by atoms with Gasteiger partial charge < -0.3 is 19.5 Å². The second-order valence-corrected chi connectivity index (χ2v) is 7.31. The van der Waals surface area contributed by atoms with Gasteiger partial charge in [-0.15, -0.1) is 12.4 Å². The average Bonchev–Trinajstić information content (AvgIpc) is 2.75. The molecule has 1 saturated heterocycles. The molecule has 1 fully saturated rings. The number of rotatable bonds is 5. The van der Waals surface area contributed by atoms with Gasteiger partial charge in [0.05, 0.1) is 26.4 Å². The lowest BCUT2D eigenvalue weighted by Gasteiger charge is -2.57. The number of halogens is 1. The minimum Gasteiger partial charge on any atom is -0.502 e. The van der Waals surface area contributed by atoms with Crippen LogP contribution in [0.4, 0.5) is 0 Å². The highest BCUT2D eigenvalue weighted by molar-refractivity contribution is 5.97. The fourth-order valence-corrected chi connectivity index (χ4v) is 4.27. The van der Waals surface area contributed by atoms with Crippen LogP contribution in [0.5, 0.6) is 5.75 Å². The Bertz CT molecular complexity index is 943. The molecule has 0 aliphatic carbocycles. The number of hydrogen-bond donors (Lipinski definition) is 1. The molecule has 1 N–H and O–H groups in total. The van der Waals surface area contributed by atoms with Gasteiger partial charge in [0.1, 0.15) is 5.66 Å². The van der Waals surface area contributed by atoms with Crippen molar-refractivity contribution in [3.63, 3.8) is 0 Å². The number of pyridine rings is 1. The van der Waals surface area contributed by atoms with Crippen molar-refractivity contribution in [1.29, 1.82) is 0 Å². The van der Waals surface area contributed by atoms with E-state index >= 15 is 0 Å². The van der Waals surface area contributed by atoms with Gasteiger partial charge in [-0.2, -0.15) is 0 Å². The van der Waals surface area contributed by atoms with E-state index in [9.17, 15) is 14.7 Å². The first-order valence-electron chi connectivity index (χ1n) is 9.73. The first kappa shape index (κ1) is 22.1. The van der Waals surface area contributed by atoms with Crippen LogP contribution < -0.4 is 10.4 Å². The average molecular weight is 436 g/mol. The third kappa shape index (κ3) is 3.66. The molecule has 1 aromatic heterocycles. The number of nitrogens with zero attached hydrogens (tertiary/aromatic N) is 3. The molecule has 162 valence electrons. The van der Waals surface area contributed by atoms with Crippen LogP contribution in [0.15, 0.2) is 47.4 Å². The van der Waals surface area contributed by atoms with E-state index in [0.29, 0.717) is 45.8 Å². The summed E-state index contributed by atoms with van der Waals surface area (Å²) in [7, 11) is 1.59. The molecule has 2 aliphatic heterocycles. The highest BCUT2D eigenvalue weighted by Gasteiger charge is 2.51. The number of benzene rings is 1. The van der Waals surface area contributed by atoms with Gasteiger partial charge in [-0.05, 0) is 5.56 Å². The summed E-state index contributed by atoms with van der Waals surface area (Å²) in [6, 6.07) is 11.2. The summed E-state index contributed by atoms with van der Waals surface area (Å²) in [5.41, 5.74) is -0.165. The molecule has 3 heterocycles. The number of aromatic nitrogens is 1.